The van der Waals surface area contributed by atoms with Crippen molar-refractivity contribution in [3.05, 3.63) is 65.3 Å². The molecule has 2 heterocycles. The molecule has 1 aliphatic rings. The lowest BCUT2D eigenvalue weighted by atomic mass is 10.1. The van der Waals surface area contributed by atoms with E-state index in [1.807, 2.05) is 36.2 Å². The molecule has 0 saturated heterocycles. The predicted molar refractivity (Wildman–Crippen MR) is 137 cm³/mol. The van der Waals surface area contributed by atoms with E-state index in [4.69, 9.17) is 4.52 Å². The van der Waals surface area contributed by atoms with Gasteiger partial charge in [-0.15, -0.1) is 0 Å². The van der Waals surface area contributed by atoms with Gasteiger partial charge in [-0.2, -0.15) is 4.98 Å². The van der Waals surface area contributed by atoms with E-state index in [2.05, 4.69) is 20.8 Å². The second-order valence-electron chi connectivity index (χ2n) is 8.87. The summed E-state index contributed by atoms with van der Waals surface area (Å²) >= 11 is 0. The first-order valence-corrected chi connectivity index (χ1v) is 12.3. The van der Waals surface area contributed by atoms with Gasteiger partial charge in [-0.25, -0.2) is 9.40 Å². The molecule has 4 rings (SSSR count). The fourth-order valence-electron chi connectivity index (χ4n) is 4.18. The van der Waals surface area contributed by atoms with Crippen molar-refractivity contribution < 1.29 is 18.5 Å². The van der Waals surface area contributed by atoms with Gasteiger partial charge in [0.2, 0.25) is 17.6 Å². The minimum atomic E-state index is -0.562. The number of amides is 2. The molecule has 2 amide bonds. The maximum atomic E-state index is 15.1. The molecule has 0 bridgehead atoms. The van der Waals surface area contributed by atoms with Gasteiger partial charge in [0.1, 0.15) is 5.82 Å². The van der Waals surface area contributed by atoms with Gasteiger partial charge >= 0.3 is 0 Å². The first-order valence-electron chi connectivity index (χ1n) is 12.3. The lowest BCUT2D eigenvalue weighted by molar-refractivity contribution is -0.145. The third-order valence-corrected chi connectivity index (χ3v) is 6.22. The molecule has 3 aromatic rings. The van der Waals surface area contributed by atoms with E-state index < -0.39 is 5.82 Å². The monoisotopic (exact) mass is 509 g/mol. The van der Waals surface area contributed by atoms with Crippen LogP contribution in [0.4, 0.5) is 10.1 Å². The number of halogens is 1. The highest BCUT2D eigenvalue weighted by molar-refractivity contribution is 5.86. The third-order valence-electron chi connectivity index (χ3n) is 6.22. The molecule has 0 aliphatic carbocycles. The zero-order valence-corrected chi connectivity index (χ0v) is 21.3. The first kappa shape index (κ1) is 26.2. The van der Waals surface area contributed by atoms with Crippen molar-refractivity contribution in [2.75, 3.05) is 44.7 Å². The van der Waals surface area contributed by atoms with Gasteiger partial charge in [-0.3, -0.25) is 14.6 Å². The van der Waals surface area contributed by atoms with Gasteiger partial charge < -0.3 is 20.1 Å². The van der Waals surface area contributed by atoms with Crippen molar-refractivity contribution in [1.29, 1.82) is 0 Å². The molecule has 2 N–H and O–H groups in total. The number of hydrogen-bond acceptors (Lipinski definition) is 8. The number of rotatable bonds is 11. The maximum absolute atomic E-state index is 15.1. The molecule has 0 saturated carbocycles. The molecule has 0 radical (unpaired) electrons. The van der Waals surface area contributed by atoms with Crippen LogP contribution < -0.4 is 15.5 Å². The van der Waals surface area contributed by atoms with Crippen LogP contribution in [0.25, 0.3) is 11.4 Å². The Bertz CT molecular complexity index is 1220. The highest BCUT2D eigenvalue weighted by Crippen LogP contribution is 2.27. The molecular weight excluding hydrogens is 477 g/mol. The number of hydrogen-bond donors (Lipinski definition) is 2. The number of carbonyl (C=O) groups excluding carboxylic acids is 2. The van der Waals surface area contributed by atoms with Crippen LogP contribution in [0, 0.1) is 12.7 Å². The summed E-state index contributed by atoms with van der Waals surface area (Å²) < 4.78 is 20.1. The molecule has 2 aromatic carbocycles. The summed E-state index contributed by atoms with van der Waals surface area (Å²) in [5, 5.41) is 13.3. The summed E-state index contributed by atoms with van der Waals surface area (Å²) in [5.74, 6) is -0.475. The Morgan fingerprint density at radius 2 is 1.84 bits per heavy atom. The van der Waals surface area contributed by atoms with Crippen molar-refractivity contribution in [3.63, 3.8) is 0 Å². The van der Waals surface area contributed by atoms with Crippen molar-refractivity contribution in [1.82, 2.24) is 30.8 Å². The standard InChI is InChI=1S/C26H32FN7O3/c1-4-28-11-12-29-24(35)16-33(23-13-19(9-10-22(23)27)26-30-18(2)37-31-26)17-25(36)32(3)34-14-20-7-5-6-8-21(20)15-34/h5-10,13,28H,4,11-12,14-17H2,1-3H3,(H,29,35). The van der Waals surface area contributed by atoms with E-state index >= 15 is 4.39 Å². The predicted octanol–water partition coefficient (Wildman–Crippen LogP) is 2.11. The molecule has 0 atom stereocenters. The number of nitrogens with one attached hydrogen (secondary N) is 2. The lowest BCUT2D eigenvalue weighted by Gasteiger charge is -2.31. The zero-order valence-electron chi connectivity index (χ0n) is 21.3. The summed E-state index contributed by atoms with van der Waals surface area (Å²) in [5.41, 5.74) is 2.94. The van der Waals surface area contributed by atoms with Gasteiger partial charge in [0.05, 0.1) is 18.8 Å². The lowest BCUT2D eigenvalue weighted by Crippen LogP contribution is -2.48. The number of fused-ring (bicyclic) bond motifs is 1. The quantitative estimate of drug-likeness (QED) is 0.379. The Labute approximate surface area is 215 Å². The minimum absolute atomic E-state index is 0.105. The minimum Gasteiger partial charge on any atom is -0.353 e. The van der Waals surface area contributed by atoms with Crippen LogP contribution in [0.2, 0.25) is 0 Å². The summed E-state index contributed by atoms with van der Waals surface area (Å²) in [6, 6.07) is 12.4. The van der Waals surface area contributed by atoms with Crippen LogP contribution in [0.1, 0.15) is 23.9 Å². The van der Waals surface area contributed by atoms with Crippen LogP contribution >= 0.6 is 0 Å². The smallest absolute Gasteiger partial charge is 0.256 e. The Balaban J connectivity index is 1.53. The van der Waals surface area contributed by atoms with E-state index in [0.717, 1.165) is 17.7 Å². The molecule has 0 spiro atoms. The van der Waals surface area contributed by atoms with Crippen molar-refractivity contribution in [3.8, 4) is 11.4 Å². The van der Waals surface area contributed by atoms with Crippen molar-refractivity contribution >= 4 is 17.5 Å². The second-order valence-corrected chi connectivity index (χ2v) is 8.87. The number of carbonyl (C=O) groups is 2. The molecule has 0 fully saturated rings. The van der Waals surface area contributed by atoms with Gasteiger partial charge in [0.25, 0.3) is 5.91 Å². The van der Waals surface area contributed by atoms with Crippen LogP contribution in [-0.4, -0.2) is 71.7 Å². The number of aromatic nitrogens is 2. The average molecular weight is 510 g/mol. The highest BCUT2D eigenvalue weighted by Gasteiger charge is 2.27. The summed E-state index contributed by atoms with van der Waals surface area (Å²) in [7, 11) is 1.69. The van der Waals surface area contributed by atoms with E-state index in [9.17, 15) is 9.59 Å². The van der Waals surface area contributed by atoms with Crippen molar-refractivity contribution in [2.24, 2.45) is 0 Å². The van der Waals surface area contributed by atoms with Gasteiger partial charge in [0.15, 0.2) is 0 Å². The maximum Gasteiger partial charge on any atom is 0.256 e. The molecule has 1 aliphatic heterocycles. The summed E-state index contributed by atoms with van der Waals surface area (Å²) in [4.78, 5) is 31.7. The molecule has 1 aromatic heterocycles. The Morgan fingerprint density at radius 1 is 1.11 bits per heavy atom. The van der Waals surface area contributed by atoms with Crippen molar-refractivity contribution in [2.45, 2.75) is 26.9 Å². The number of nitrogens with zero attached hydrogens (tertiary/aromatic N) is 5. The number of anilines is 1. The number of benzene rings is 2. The fourth-order valence-corrected chi connectivity index (χ4v) is 4.18. The number of hydrazine groups is 1. The first-order chi connectivity index (χ1) is 17.9. The summed E-state index contributed by atoms with van der Waals surface area (Å²) in [6.45, 7) is 6.27. The molecule has 0 unspecified atom stereocenters. The molecule has 10 nitrogen and oxygen atoms in total. The normalized spacial score (nSPS) is 12.9. The fraction of sp³-hybridized carbons (Fsp3) is 0.385. The molecule has 196 valence electrons. The highest BCUT2D eigenvalue weighted by atomic mass is 19.1. The van der Waals surface area contributed by atoms with Crippen LogP contribution in [0.5, 0.6) is 0 Å². The largest absolute Gasteiger partial charge is 0.353 e. The zero-order chi connectivity index (χ0) is 26.4. The number of likely N-dealkylation sites (N-methyl/N-ethyl adjacent to an activating group) is 2. The Kier molecular flexibility index (Phi) is 8.47. The van der Waals surface area contributed by atoms with Gasteiger partial charge in [-0.05, 0) is 35.9 Å². The molecule has 11 heteroatoms. The topological polar surface area (TPSA) is 107 Å². The van der Waals surface area contributed by atoms with Gasteiger partial charge in [0, 0.05) is 45.7 Å². The average Bonchev–Trinajstić information content (AvgIpc) is 3.52. The van der Waals surface area contributed by atoms with Crippen LogP contribution in [-0.2, 0) is 22.7 Å². The van der Waals surface area contributed by atoms with E-state index in [-0.39, 0.29) is 30.6 Å². The second kappa shape index (κ2) is 11.9. The third kappa shape index (κ3) is 6.49. The SMILES string of the molecule is CCNCCNC(=O)CN(CC(=O)N(C)N1Cc2ccccc2C1)c1cc(-c2noc(C)n2)ccc1F. The van der Waals surface area contributed by atoms with E-state index in [1.54, 1.807) is 19.0 Å². The van der Waals surface area contributed by atoms with Crippen LogP contribution in [0.3, 0.4) is 0 Å². The van der Waals surface area contributed by atoms with Crippen LogP contribution in [0.15, 0.2) is 47.0 Å². The van der Waals surface area contributed by atoms with E-state index in [0.29, 0.717) is 43.5 Å². The Morgan fingerprint density at radius 3 is 2.49 bits per heavy atom. The molecule has 37 heavy (non-hydrogen) atoms. The molecular formula is C26H32FN7O3. The van der Waals surface area contributed by atoms with E-state index in [1.165, 1.54) is 23.1 Å². The summed E-state index contributed by atoms with van der Waals surface area (Å²) in [6.07, 6.45) is 0. The Hall–Kier alpha value is -3.83. The van der Waals surface area contributed by atoms with Gasteiger partial charge in [-0.1, -0.05) is 36.3 Å². The number of aryl methyl sites for hydroxylation is 1.